The first-order valence-electron chi connectivity index (χ1n) is 8.71. The van der Waals surface area contributed by atoms with Crippen molar-refractivity contribution in [2.75, 3.05) is 19.7 Å². The van der Waals surface area contributed by atoms with Crippen LogP contribution in [-0.2, 0) is 6.42 Å². The summed E-state index contributed by atoms with van der Waals surface area (Å²) in [4.78, 5) is 0. The lowest BCUT2D eigenvalue weighted by Gasteiger charge is -2.27. The van der Waals surface area contributed by atoms with E-state index in [1.807, 2.05) is 0 Å². The first kappa shape index (κ1) is 14.9. The average Bonchev–Trinajstić information content (AvgIpc) is 2.94. The van der Waals surface area contributed by atoms with Crippen molar-refractivity contribution in [2.24, 2.45) is 11.8 Å². The Morgan fingerprint density at radius 1 is 1.24 bits per heavy atom. The topological polar surface area (TPSA) is 21.3 Å². The normalized spacial score (nSPS) is 24.9. The Morgan fingerprint density at radius 2 is 2.14 bits per heavy atom. The lowest BCUT2D eigenvalue weighted by molar-refractivity contribution is 0.280. The number of rotatable bonds is 5. The molecule has 1 aromatic carbocycles. The maximum Gasteiger partial charge on any atom is 0.125 e. The SMILES string of the molecule is CC(C)CNCC1CCCC1c1cccc2c1OCCC2. The highest BCUT2D eigenvalue weighted by Gasteiger charge is 2.31. The van der Waals surface area contributed by atoms with E-state index >= 15 is 0 Å². The Kier molecular flexibility index (Phi) is 4.84. The van der Waals surface area contributed by atoms with Gasteiger partial charge in [-0.15, -0.1) is 0 Å². The van der Waals surface area contributed by atoms with Gasteiger partial charge in [0.15, 0.2) is 0 Å². The number of aryl methyl sites for hydroxylation is 1. The lowest BCUT2D eigenvalue weighted by Crippen LogP contribution is -2.28. The molecule has 1 saturated carbocycles. The smallest absolute Gasteiger partial charge is 0.125 e. The highest BCUT2D eigenvalue weighted by atomic mass is 16.5. The van der Waals surface area contributed by atoms with Gasteiger partial charge >= 0.3 is 0 Å². The first-order chi connectivity index (χ1) is 10.3. The van der Waals surface area contributed by atoms with Gasteiger partial charge in [-0.05, 0) is 67.7 Å². The number of hydrogen-bond donors (Lipinski definition) is 1. The zero-order valence-corrected chi connectivity index (χ0v) is 13.5. The van der Waals surface area contributed by atoms with Crippen LogP contribution in [0.2, 0.25) is 0 Å². The van der Waals surface area contributed by atoms with Gasteiger partial charge in [0.2, 0.25) is 0 Å². The van der Waals surface area contributed by atoms with Gasteiger partial charge in [-0.25, -0.2) is 0 Å². The van der Waals surface area contributed by atoms with E-state index in [1.165, 1.54) is 49.0 Å². The zero-order valence-electron chi connectivity index (χ0n) is 13.5. The molecule has 2 nitrogen and oxygen atoms in total. The minimum absolute atomic E-state index is 0.692. The summed E-state index contributed by atoms with van der Waals surface area (Å²) in [6.07, 6.45) is 6.41. The van der Waals surface area contributed by atoms with Crippen LogP contribution in [0.15, 0.2) is 18.2 Å². The minimum atomic E-state index is 0.692. The molecule has 21 heavy (non-hydrogen) atoms. The van der Waals surface area contributed by atoms with Gasteiger partial charge in [-0.2, -0.15) is 0 Å². The van der Waals surface area contributed by atoms with Crippen molar-refractivity contribution in [1.29, 1.82) is 0 Å². The number of para-hydroxylation sites is 1. The van der Waals surface area contributed by atoms with E-state index in [2.05, 4.69) is 37.4 Å². The Bertz CT molecular complexity index is 469. The fourth-order valence-electron chi connectivity index (χ4n) is 3.95. The van der Waals surface area contributed by atoms with Crippen LogP contribution in [0.3, 0.4) is 0 Å². The van der Waals surface area contributed by atoms with Crippen molar-refractivity contribution in [1.82, 2.24) is 5.32 Å². The van der Waals surface area contributed by atoms with E-state index in [1.54, 1.807) is 0 Å². The van der Waals surface area contributed by atoms with Crippen molar-refractivity contribution in [3.05, 3.63) is 29.3 Å². The molecular weight excluding hydrogens is 258 g/mol. The van der Waals surface area contributed by atoms with Crippen molar-refractivity contribution in [2.45, 2.75) is 51.9 Å². The molecule has 0 amide bonds. The highest BCUT2D eigenvalue weighted by molar-refractivity contribution is 5.45. The maximum absolute atomic E-state index is 6.04. The van der Waals surface area contributed by atoms with Gasteiger partial charge in [0.1, 0.15) is 5.75 Å². The summed E-state index contributed by atoms with van der Waals surface area (Å²) in [6.45, 7) is 7.74. The Morgan fingerprint density at radius 3 is 3.00 bits per heavy atom. The summed E-state index contributed by atoms with van der Waals surface area (Å²) in [6, 6.07) is 6.80. The molecule has 2 unspecified atom stereocenters. The van der Waals surface area contributed by atoms with Gasteiger partial charge in [0, 0.05) is 0 Å². The molecule has 2 atom stereocenters. The molecule has 2 heteroatoms. The molecule has 0 spiro atoms. The summed E-state index contributed by atoms with van der Waals surface area (Å²) in [5, 5.41) is 3.67. The second-order valence-corrected chi connectivity index (χ2v) is 7.14. The average molecular weight is 287 g/mol. The molecule has 116 valence electrons. The molecule has 3 rings (SSSR count). The number of fused-ring (bicyclic) bond motifs is 1. The maximum atomic E-state index is 6.04. The molecule has 0 aromatic heterocycles. The first-order valence-corrected chi connectivity index (χ1v) is 8.71. The Balaban J connectivity index is 1.73. The van der Waals surface area contributed by atoms with Crippen LogP contribution in [0.25, 0.3) is 0 Å². The molecule has 0 bridgehead atoms. The molecule has 1 N–H and O–H groups in total. The third-order valence-electron chi connectivity index (χ3n) is 4.98. The summed E-state index contributed by atoms with van der Waals surface area (Å²) in [7, 11) is 0. The number of ether oxygens (including phenoxy) is 1. The predicted molar refractivity (Wildman–Crippen MR) is 88.0 cm³/mol. The third kappa shape index (κ3) is 3.42. The fourth-order valence-corrected chi connectivity index (χ4v) is 3.95. The predicted octanol–water partition coefficient (Wildman–Crippen LogP) is 4.14. The monoisotopic (exact) mass is 287 g/mol. The number of hydrogen-bond acceptors (Lipinski definition) is 2. The largest absolute Gasteiger partial charge is 0.493 e. The van der Waals surface area contributed by atoms with E-state index in [0.717, 1.165) is 31.5 Å². The molecule has 0 saturated heterocycles. The van der Waals surface area contributed by atoms with Crippen LogP contribution >= 0.6 is 0 Å². The van der Waals surface area contributed by atoms with Crippen molar-refractivity contribution < 1.29 is 4.74 Å². The van der Waals surface area contributed by atoms with Crippen LogP contribution in [0, 0.1) is 11.8 Å². The molecule has 1 aromatic rings. The quantitative estimate of drug-likeness (QED) is 0.878. The van der Waals surface area contributed by atoms with Gasteiger partial charge in [0.25, 0.3) is 0 Å². The van der Waals surface area contributed by atoms with Crippen LogP contribution in [-0.4, -0.2) is 19.7 Å². The third-order valence-corrected chi connectivity index (χ3v) is 4.98. The lowest BCUT2D eigenvalue weighted by atomic mass is 9.86. The second-order valence-electron chi connectivity index (χ2n) is 7.14. The summed E-state index contributed by atoms with van der Waals surface area (Å²) < 4.78 is 6.04. The molecular formula is C19H29NO. The molecule has 1 aliphatic heterocycles. The van der Waals surface area contributed by atoms with E-state index in [0.29, 0.717) is 5.92 Å². The molecule has 1 aliphatic carbocycles. The van der Waals surface area contributed by atoms with Crippen molar-refractivity contribution >= 4 is 0 Å². The van der Waals surface area contributed by atoms with Crippen LogP contribution in [0.1, 0.15) is 56.6 Å². The van der Waals surface area contributed by atoms with E-state index in [9.17, 15) is 0 Å². The highest BCUT2D eigenvalue weighted by Crippen LogP contribution is 2.44. The standard InChI is InChI=1S/C19H29NO/c1-14(2)12-20-13-16-7-4-9-17(16)18-10-3-6-15-8-5-11-21-19(15)18/h3,6,10,14,16-17,20H,4-5,7-9,11-13H2,1-2H3. The van der Waals surface area contributed by atoms with E-state index < -0.39 is 0 Å². The van der Waals surface area contributed by atoms with E-state index in [4.69, 9.17) is 4.74 Å². The van der Waals surface area contributed by atoms with Gasteiger partial charge < -0.3 is 10.1 Å². The van der Waals surface area contributed by atoms with Crippen LogP contribution in [0.5, 0.6) is 5.75 Å². The Hall–Kier alpha value is -1.02. The molecule has 1 fully saturated rings. The van der Waals surface area contributed by atoms with E-state index in [-0.39, 0.29) is 0 Å². The van der Waals surface area contributed by atoms with Crippen molar-refractivity contribution in [3.8, 4) is 5.75 Å². The molecule has 1 heterocycles. The summed E-state index contributed by atoms with van der Waals surface area (Å²) in [5.41, 5.74) is 2.92. The molecule has 2 aliphatic rings. The number of benzene rings is 1. The molecule has 0 radical (unpaired) electrons. The van der Waals surface area contributed by atoms with Gasteiger partial charge in [-0.3, -0.25) is 0 Å². The van der Waals surface area contributed by atoms with Crippen LogP contribution in [0.4, 0.5) is 0 Å². The van der Waals surface area contributed by atoms with Crippen LogP contribution < -0.4 is 10.1 Å². The van der Waals surface area contributed by atoms with Crippen molar-refractivity contribution in [3.63, 3.8) is 0 Å². The van der Waals surface area contributed by atoms with Gasteiger partial charge in [0.05, 0.1) is 6.61 Å². The second kappa shape index (κ2) is 6.83. The summed E-state index contributed by atoms with van der Waals surface area (Å²) in [5.74, 6) is 3.43. The zero-order chi connectivity index (χ0) is 14.7. The van der Waals surface area contributed by atoms with Gasteiger partial charge in [-0.1, -0.05) is 38.5 Å². The Labute approximate surface area is 129 Å². The fraction of sp³-hybridized carbons (Fsp3) is 0.684. The number of nitrogens with one attached hydrogen (secondary N) is 1. The minimum Gasteiger partial charge on any atom is -0.493 e. The summed E-state index contributed by atoms with van der Waals surface area (Å²) >= 11 is 0.